The number of nitrogens with two attached hydrogens (primary N) is 1. The highest BCUT2D eigenvalue weighted by atomic mass is 19.1. The minimum atomic E-state index is -0.514. The molecule has 2 aromatic carbocycles. The number of aryl methyl sites for hydroxylation is 1. The van der Waals surface area contributed by atoms with Crippen LogP contribution in [0, 0.1) is 18.2 Å². The Labute approximate surface area is 111 Å². The molecule has 0 radical (unpaired) electrons. The molecule has 0 aliphatic heterocycles. The Morgan fingerprint density at radius 1 is 1.21 bits per heavy atom. The molecule has 0 unspecified atom stereocenters. The van der Waals surface area contributed by atoms with Gasteiger partial charge in [-0.2, -0.15) is 0 Å². The summed E-state index contributed by atoms with van der Waals surface area (Å²) in [6.45, 7) is 2.31. The highest BCUT2D eigenvalue weighted by Crippen LogP contribution is 2.19. The van der Waals surface area contributed by atoms with Gasteiger partial charge in [-0.1, -0.05) is 29.8 Å². The van der Waals surface area contributed by atoms with E-state index >= 15 is 0 Å². The van der Waals surface area contributed by atoms with Crippen LogP contribution in [0.15, 0.2) is 42.5 Å². The summed E-state index contributed by atoms with van der Waals surface area (Å²) in [6, 6.07) is 12.1. The maximum absolute atomic E-state index is 13.7. The zero-order chi connectivity index (χ0) is 13.8. The van der Waals surface area contributed by atoms with E-state index in [0.29, 0.717) is 12.2 Å². The van der Waals surface area contributed by atoms with E-state index < -0.39 is 5.82 Å². The molecule has 0 aromatic heterocycles. The third kappa shape index (κ3) is 3.31. The number of halogens is 1. The van der Waals surface area contributed by atoms with Gasteiger partial charge in [0.2, 0.25) is 0 Å². The summed E-state index contributed by atoms with van der Waals surface area (Å²) in [4.78, 5) is 0. The predicted octanol–water partition coefficient (Wildman–Crippen LogP) is 3.00. The molecule has 0 aliphatic rings. The van der Waals surface area contributed by atoms with Crippen molar-refractivity contribution in [2.45, 2.75) is 13.5 Å². The highest BCUT2D eigenvalue weighted by Gasteiger charge is 2.06. The average molecular weight is 258 g/mol. The van der Waals surface area contributed by atoms with Crippen molar-refractivity contribution in [3.8, 4) is 5.75 Å². The van der Waals surface area contributed by atoms with Crippen molar-refractivity contribution >= 4 is 5.84 Å². The molecule has 3 nitrogen and oxygen atoms in total. The van der Waals surface area contributed by atoms with Crippen LogP contribution in [0.25, 0.3) is 0 Å². The molecule has 0 saturated heterocycles. The summed E-state index contributed by atoms with van der Waals surface area (Å²) in [5.41, 5.74) is 7.78. The average Bonchev–Trinajstić information content (AvgIpc) is 2.39. The number of hydrogen-bond acceptors (Lipinski definition) is 2. The lowest BCUT2D eigenvalue weighted by Gasteiger charge is -2.08. The lowest BCUT2D eigenvalue weighted by Crippen LogP contribution is -2.11. The molecule has 2 aromatic rings. The molecule has 0 saturated carbocycles. The van der Waals surface area contributed by atoms with Gasteiger partial charge < -0.3 is 10.5 Å². The highest BCUT2D eigenvalue weighted by molar-refractivity contribution is 5.95. The van der Waals surface area contributed by atoms with E-state index in [1.54, 1.807) is 6.07 Å². The molecule has 0 aliphatic carbocycles. The monoisotopic (exact) mass is 258 g/mol. The van der Waals surface area contributed by atoms with Gasteiger partial charge >= 0.3 is 0 Å². The first kappa shape index (κ1) is 13.1. The Kier molecular flexibility index (Phi) is 3.80. The SMILES string of the molecule is Cc1ccc(COc2ccc(C(=N)N)cc2F)cc1. The van der Waals surface area contributed by atoms with Crippen LogP contribution in [0.2, 0.25) is 0 Å². The molecule has 0 bridgehead atoms. The maximum Gasteiger partial charge on any atom is 0.165 e. The predicted molar refractivity (Wildman–Crippen MR) is 72.9 cm³/mol. The van der Waals surface area contributed by atoms with Crippen molar-refractivity contribution < 1.29 is 9.13 Å². The van der Waals surface area contributed by atoms with E-state index in [0.717, 1.165) is 5.56 Å². The van der Waals surface area contributed by atoms with E-state index in [1.807, 2.05) is 31.2 Å². The lowest BCUT2D eigenvalue weighted by atomic mass is 10.1. The fourth-order valence-corrected chi connectivity index (χ4v) is 1.63. The van der Waals surface area contributed by atoms with Gasteiger partial charge in [0.1, 0.15) is 12.4 Å². The number of nitrogen functional groups attached to an aromatic ring is 1. The first-order valence-corrected chi connectivity index (χ1v) is 5.88. The summed E-state index contributed by atoms with van der Waals surface area (Å²) < 4.78 is 19.1. The summed E-state index contributed by atoms with van der Waals surface area (Å²) in [7, 11) is 0. The first-order valence-electron chi connectivity index (χ1n) is 5.88. The molecule has 19 heavy (non-hydrogen) atoms. The normalized spacial score (nSPS) is 10.2. The van der Waals surface area contributed by atoms with Crippen molar-refractivity contribution in [1.29, 1.82) is 5.41 Å². The summed E-state index contributed by atoms with van der Waals surface area (Å²) in [5, 5.41) is 7.23. The van der Waals surface area contributed by atoms with Crippen molar-refractivity contribution in [3.63, 3.8) is 0 Å². The molecule has 2 rings (SSSR count). The van der Waals surface area contributed by atoms with E-state index in [-0.39, 0.29) is 11.6 Å². The van der Waals surface area contributed by atoms with Gasteiger partial charge in [0, 0.05) is 5.56 Å². The number of amidine groups is 1. The van der Waals surface area contributed by atoms with Crippen molar-refractivity contribution in [2.75, 3.05) is 0 Å². The number of rotatable bonds is 4. The van der Waals surface area contributed by atoms with Crippen LogP contribution >= 0.6 is 0 Å². The van der Waals surface area contributed by atoms with Gasteiger partial charge in [0.15, 0.2) is 11.6 Å². The lowest BCUT2D eigenvalue weighted by molar-refractivity contribution is 0.290. The van der Waals surface area contributed by atoms with Crippen LogP contribution in [-0.2, 0) is 6.61 Å². The third-order valence-electron chi connectivity index (χ3n) is 2.76. The number of nitrogens with one attached hydrogen (secondary N) is 1. The second-order valence-corrected chi connectivity index (χ2v) is 4.33. The quantitative estimate of drug-likeness (QED) is 0.654. The Morgan fingerprint density at radius 2 is 1.89 bits per heavy atom. The van der Waals surface area contributed by atoms with Crippen molar-refractivity contribution in [1.82, 2.24) is 0 Å². The topological polar surface area (TPSA) is 59.1 Å². The second kappa shape index (κ2) is 5.52. The molecule has 0 spiro atoms. The number of benzene rings is 2. The summed E-state index contributed by atoms with van der Waals surface area (Å²) >= 11 is 0. The van der Waals surface area contributed by atoms with E-state index in [4.69, 9.17) is 15.9 Å². The van der Waals surface area contributed by atoms with Crippen LogP contribution in [0.3, 0.4) is 0 Å². The van der Waals surface area contributed by atoms with Gasteiger partial charge in [-0.25, -0.2) is 4.39 Å². The molecule has 0 atom stereocenters. The van der Waals surface area contributed by atoms with Gasteiger partial charge in [-0.05, 0) is 30.7 Å². The van der Waals surface area contributed by atoms with Gasteiger partial charge in [0.05, 0.1) is 0 Å². The Morgan fingerprint density at radius 3 is 2.47 bits per heavy atom. The summed E-state index contributed by atoms with van der Waals surface area (Å²) in [5.74, 6) is -0.519. The Bertz CT molecular complexity index is 594. The van der Waals surface area contributed by atoms with Crippen LogP contribution in [-0.4, -0.2) is 5.84 Å². The van der Waals surface area contributed by atoms with Gasteiger partial charge in [-0.15, -0.1) is 0 Å². The second-order valence-electron chi connectivity index (χ2n) is 4.33. The van der Waals surface area contributed by atoms with Crippen molar-refractivity contribution in [3.05, 3.63) is 65.0 Å². The minimum absolute atomic E-state index is 0.158. The van der Waals surface area contributed by atoms with E-state index in [1.165, 1.54) is 17.7 Å². The molecule has 0 amide bonds. The fourth-order valence-electron chi connectivity index (χ4n) is 1.63. The van der Waals surface area contributed by atoms with Gasteiger partial charge in [0.25, 0.3) is 0 Å². The van der Waals surface area contributed by atoms with Crippen LogP contribution in [0.5, 0.6) is 5.75 Å². The maximum atomic E-state index is 13.7. The van der Waals surface area contributed by atoms with Gasteiger partial charge in [-0.3, -0.25) is 5.41 Å². The molecular weight excluding hydrogens is 243 g/mol. The van der Waals surface area contributed by atoms with E-state index in [9.17, 15) is 4.39 Å². The zero-order valence-corrected chi connectivity index (χ0v) is 10.6. The minimum Gasteiger partial charge on any atom is -0.486 e. The molecule has 0 fully saturated rings. The molecule has 3 N–H and O–H groups in total. The van der Waals surface area contributed by atoms with E-state index in [2.05, 4.69) is 0 Å². The fraction of sp³-hybridized carbons (Fsp3) is 0.133. The standard InChI is InChI=1S/C15H15FN2O/c1-10-2-4-11(5-3-10)9-19-14-7-6-12(15(17)18)8-13(14)16/h2-8H,9H2,1H3,(H3,17,18). The number of hydrogen-bond donors (Lipinski definition) is 2. The zero-order valence-electron chi connectivity index (χ0n) is 10.6. The Hall–Kier alpha value is -2.36. The van der Waals surface area contributed by atoms with Crippen molar-refractivity contribution in [2.24, 2.45) is 5.73 Å². The first-order chi connectivity index (χ1) is 9.06. The smallest absolute Gasteiger partial charge is 0.165 e. The van der Waals surface area contributed by atoms with Crippen LogP contribution in [0.4, 0.5) is 4.39 Å². The summed E-state index contributed by atoms with van der Waals surface area (Å²) in [6.07, 6.45) is 0. The van der Waals surface area contributed by atoms with Crippen LogP contribution < -0.4 is 10.5 Å². The Balaban J connectivity index is 2.07. The molecule has 98 valence electrons. The molecular formula is C15H15FN2O. The molecule has 4 heteroatoms. The van der Waals surface area contributed by atoms with Crippen LogP contribution in [0.1, 0.15) is 16.7 Å². The largest absolute Gasteiger partial charge is 0.486 e. The third-order valence-corrected chi connectivity index (χ3v) is 2.76. The molecule has 0 heterocycles. The number of ether oxygens (including phenoxy) is 1.